The molecule has 0 aromatic heterocycles. The largest absolute Gasteiger partial charge is 0.417 e. The zero-order valence-corrected chi connectivity index (χ0v) is 14.9. The molecule has 0 radical (unpaired) electrons. The molecule has 2 aliphatic rings. The molecule has 26 heavy (non-hydrogen) atoms. The highest BCUT2D eigenvalue weighted by atomic mass is 16.5. The van der Waals surface area contributed by atoms with E-state index >= 15 is 0 Å². The summed E-state index contributed by atoms with van der Waals surface area (Å²) in [6.07, 6.45) is 0. The second-order valence-electron chi connectivity index (χ2n) is 6.27. The quantitative estimate of drug-likeness (QED) is 0.763. The normalized spacial score (nSPS) is 22.7. The number of amidine groups is 1. The van der Waals surface area contributed by atoms with Gasteiger partial charge < -0.3 is 9.64 Å². The van der Waals surface area contributed by atoms with Crippen molar-refractivity contribution in [1.29, 1.82) is 5.26 Å². The fraction of sp³-hybridized carbons (Fsp3) is 0.444. The van der Waals surface area contributed by atoms with Crippen LogP contribution in [0.5, 0.6) is 0 Å². The summed E-state index contributed by atoms with van der Waals surface area (Å²) < 4.78 is 5.41. The SMILES string of the molecule is CN1C(=O)C(C#N)C(=[NH+]Cc2ccccc2N2CCOCC2)N(C)C1=O. The van der Waals surface area contributed by atoms with E-state index in [9.17, 15) is 14.9 Å². The van der Waals surface area contributed by atoms with Gasteiger partial charge in [-0.15, -0.1) is 0 Å². The van der Waals surface area contributed by atoms with Crippen LogP contribution in [0.3, 0.4) is 0 Å². The van der Waals surface area contributed by atoms with Gasteiger partial charge in [-0.2, -0.15) is 10.2 Å². The summed E-state index contributed by atoms with van der Waals surface area (Å²) in [4.78, 5) is 32.1. The second kappa shape index (κ2) is 7.54. The topological polar surface area (TPSA) is 90.8 Å². The molecule has 2 fully saturated rings. The van der Waals surface area contributed by atoms with Crippen LogP contribution in [-0.4, -0.2) is 68.0 Å². The van der Waals surface area contributed by atoms with Crippen LogP contribution in [0, 0.1) is 17.2 Å². The highest BCUT2D eigenvalue weighted by molar-refractivity contribution is 6.17. The van der Waals surface area contributed by atoms with Gasteiger partial charge >= 0.3 is 6.03 Å². The first-order chi connectivity index (χ1) is 12.5. The molecule has 2 aliphatic heterocycles. The van der Waals surface area contributed by atoms with Gasteiger partial charge in [-0.3, -0.25) is 9.79 Å². The molecule has 1 atom stereocenters. The predicted molar refractivity (Wildman–Crippen MR) is 94.2 cm³/mol. The number of para-hydroxylation sites is 1. The van der Waals surface area contributed by atoms with E-state index in [1.54, 1.807) is 7.05 Å². The van der Waals surface area contributed by atoms with Crippen LogP contribution in [-0.2, 0) is 16.1 Å². The standard InChI is InChI=1S/C18H21N5O3/c1-21-16(14(11-19)17(24)22(2)18(21)25)20-12-13-5-3-4-6-15(13)23-7-9-26-10-8-23/h3-6,14H,7-10,12H2,1-2H3/p+1. The summed E-state index contributed by atoms with van der Waals surface area (Å²) in [5.41, 5.74) is 2.12. The number of anilines is 1. The summed E-state index contributed by atoms with van der Waals surface area (Å²) in [6, 6.07) is 9.50. The number of nitriles is 1. The number of hydrogen-bond donors (Lipinski definition) is 1. The molecule has 8 heteroatoms. The van der Waals surface area contributed by atoms with Crippen molar-refractivity contribution in [3.63, 3.8) is 0 Å². The Balaban J connectivity index is 1.88. The molecule has 0 bridgehead atoms. The number of morpholine rings is 1. The van der Waals surface area contributed by atoms with Crippen molar-refractivity contribution in [2.45, 2.75) is 6.54 Å². The number of imide groups is 1. The van der Waals surface area contributed by atoms with E-state index in [2.05, 4.69) is 9.89 Å². The van der Waals surface area contributed by atoms with Crippen molar-refractivity contribution in [1.82, 2.24) is 9.80 Å². The number of amides is 3. The fourth-order valence-electron chi connectivity index (χ4n) is 3.22. The molecule has 1 unspecified atom stereocenters. The van der Waals surface area contributed by atoms with Crippen LogP contribution in [0.25, 0.3) is 0 Å². The molecule has 136 valence electrons. The van der Waals surface area contributed by atoms with Gasteiger partial charge in [0.25, 0.3) is 11.7 Å². The van der Waals surface area contributed by atoms with Crippen LogP contribution in [0.4, 0.5) is 10.5 Å². The van der Waals surface area contributed by atoms with E-state index in [-0.39, 0.29) is 0 Å². The Kier molecular flexibility index (Phi) is 5.19. The van der Waals surface area contributed by atoms with Gasteiger partial charge in [-0.25, -0.2) is 9.69 Å². The third-order valence-electron chi connectivity index (χ3n) is 4.72. The van der Waals surface area contributed by atoms with E-state index in [0.29, 0.717) is 25.6 Å². The summed E-state index contributed by atoms with van der Waals surface area (Å²) >= 11 is 0. The summed E-state index contributed by atoms with van der Waals surface area (Å²) in [5.74, 6) is -1.21. The van der Waals surface area contributed by atoms with Gasteiger partial charge in [-0.05, 0) is 6.07 Å². The molecule has 0 saturated carbocycles. The zero-order valence-electron chi connectivity index (χ0n) is 14.9. The average Bonchev–Trinajstić information content (AvgIpc) is 2.69. The predicted octanol–water partition coefficient (Wildman–Crippen LogP) is -0.834. The summed E-state index contributed by atoms with van der Waals surface area (Å²) in [7, 11) is 2.95. The first-order valence-corrected chi connectivity index (χ1v) is 8.50. The molecule has 3 rings (SSSR count). The highest BCUT2D eigenvalue weighted by Gasteiger charge is 2.46. The molecule has 8 nitrogen and oxygen atoms in total. The molecular formula is C18H22N5O3+. The number of ether oxygens (including phenoxy) is 1. The monoisotopic (exact) mass is 356 g/mol. The molecule has 3 amide bonds. The van der Waals surface area contributed by atoms with Crippen molar-refractivity contribution in [2.75, 3.05) is 45.3 Å². The lowest BCUT2D eigenvalue weighted by molar-refractivity contribution is -0.482. The van der Waals surface area contributed by atoms with Gasteiger partial charge in [0.1, 0.15) is 6.54 Å². The lowest BCUT2D eigenvalue weighted by Gasteiger charge is -2.30. The van der Waals surface area contributed by atoms with Gasteiger partial charge in [0.05, 0.1) is 26.3 Å². The third-order valence-corrected chi connectivity index (χ3v) is 4.72. The number of rotatable bonds is 3. The minimum Gasteiger partial charge on any atom is -0.378 e. The molecule has 0 spiro atoms. The Bertz CT molecular complexity index is 779. The molecular weight excluding hydrogens is 334 g/mol. The van der Waals surface area contributed by atoms with Crippen LogP contribution >= 0.6 is 0 Å². The Morgan fingerprint density at radius 3 is 2.58 bits per heavy atom. The smallest absolute Gasteiger partial charge is 0.378 e. The third kappa shape index (κ3) is 3.26. The lowest BCUT2D eigenvalue weighted by atomic mass is 10.1. The highest BCUT2D eigenvalue weighted by Crippen LogP contribution is 2.20. The molecule has 2 heterocycles. The summed E-state index contributed by atoms with van der Waals surface area (Å²) in [6.45, 7) is 3.42. The Morgan fingerprint density at radius 2 is 1.88 bits per heavy atom. The van der Waals surface area contributed by atoms with Crippen molar-refractivity contribution < 1.29 is 19.3 Å². The van der Waals surface area contributed by atoms with Gasteiger partial charge in [-0.1, -0.05) is 18.2 Å². The number of nitrogens with one attached hydrogen (secondary N) is 1. The minimum absolute atomic E-state index is 0.317. The summed E-state index contributed by atoms with van der Waals surface area (Å²) in [5, 5.41) is 9.39. The van der Waals surface area contributed by atoms with E-state index < -0.39 is 17.9 Å². The van der Waals surface area contributed by atoms with Crippen molar-refractivity contribution in [2.24, 2.45) is 5.92 Å². The molecule has 1 aromatic carbocycles. The maximum atomic E-state index is 12.2. The molecule has 1 aromatic rings. The molecule has 0 aliphatic carbocycles. The van der Waals surface area contributed by atoms with Gasteiger partial charge in [0.15, 0.2) is 0 Å². The van der Waals surface area contributed by atoms with E-state index in [1.807, 2.05) is 30.3 Å². The van der Waals surface area contributed by atoms with Crippen molar-refractivity contribution in [3.8, 4) is 6.07 Å². The number of benzene rings is 1. The van der Waals surface area contributed by atoms with Gasteiger partial charge in [0, 0.05) is 31.4 Å². The second-order valence-corrected chi connectivity index (χ2v) is 6.27. The number of nitrogens with zero attached hydrogens (tertiary/aromatic N) is 4. The number of hydrogen-bond acceptors (Lipinski definition) is 5. The number of carbonyl (C=O) groups is 2. The maximum absolute atomic E-state index is 12.2. The lowest BCUT2D eigenvalue weighted by Crippen LogP contribution is -2.79. The number of carbonyl (C=O) groups excluding carboxylic acids is 2. The fourth-order valence-corrected chi connectivity index (χ4v) is 3.22. The first-order valence-electron chi connectivity index (χ1n) is 8.50. The maximum Gasteiger partial charge on any atom is 0.417 e. The van der Waals surface area contributed by atoms with Crippen molar-refractivity contribution >= 4 is 23.5 Å². The molecule has 2 saturated heterocycles. The Morgan fingerprint density at radius 1 is 1.19 bits per heavy atom. The Hall–Kier alpha value is -2.92. The van der Waals surface area contributed by atoms with Crippen LogP contribution < -0.4 is 9.89 Å². The van der Waals surface area contributed by atoms with Crippen molar-refractivity contribution in [3.05, 3.63) is 29.8 Å². The Labute approximate surface area is 152 Å². The number of urea groups is 1. The molecule has 1 N–H and O–H groups in total. The van der Waals surface area contributed by atoms with Crippen LogP contribution in [0.15, 0.2) is 24.3 Å². The van der Waals surface area contributed by atoms with E-state index in [4.69, 9.17) is 4.74 Å². The minimum atomic E-state index is -1.02. The first kappa shape index (κ1) is 17.9. The zero-order chi connectivity index (χ0) is 18.7. The van der Waals surface area contributed by atoms with E-state index in [1.165, 1.54) is 11.9 Å². The average molecular weight is 356 g/mol. The van der Waals surface area contributed by atoms with Crippen LogP contribution in [0.2, 0.25) is 0 Å². The van der Waals surface area contributed by atoms with E-state index in [0.717, 1.165) is 29.2 Å². The van der Waals surface area contributed by atoms with Crippen LogP contribution in [0.1, 0.15) is 5.56 Å². The van der Waals surface area contributed by atoms with Gasteiger partial charge in [0.2, 0.25) is 5.92 Å².